The number of rotatable bonds is 5. The molecule has 0 bridgehead atoms. The smallest absolute Gasteiger partial charge is 0.227 e. The van der Waals surface area contributed by atoms with Gasteiger partial charge in [-0.3, -0.25) is 4.79 Å². The molecule has 2 aromatic carbocycles. The Balaban J connectivity index is 1.64. The van der Waals surface area contributed by atoms with Crippen LogP contribution in [-0.4, -0.2) is 11.9 Å². The fourth-order valence-corrected chi connectivity index (χ4v) is 3.44. The molecule has 3 rings (SSSR count). The Hall–Kier alpha value is -2.29. The summed E-state index contributed by atoms with van der Waals surface area (Å²) in [5, 5.41) is 6.52. The first kappa shape index (κ1) is 16.6. The first-order valence-electron chi connectivity index (χ1n) is 8.84. The fraction of sp³-hybridized carbons (Fsp3) is 0.381. The van der Waals surface area contributed by atoms with E-state index in [2.05, 4.69) is 60.9 Å². The van der Waals surface area contributed by atoms with Crippen molar-refractivity contribution in [1.29, 1.82) is 0 Å². The lowest BCUT2D eigenvalue weighted by Gasteiger charge is -2.24. The summed E-state index contributed by atoms with van der Waals surface area (Å²) in [6, 6.07) is 17.0. The van der Waals surface area contributed by atoms with E-state index in [0.717, 1.165) is 30.5 Å². The molecule has 0 aliphatic heterocycles. The third kappa shape index (κ3) is 3.97. The zero-order valence-electron chi connectivity index (χ0n) is 14.5. The van der Waals surface area contributed by atoms with Crippen LogP contribution in [0.4, 0.5) is 5.69 Å². The molecule has 0 saturated heterocycles. The molecule has 0 saturated carbocycles. The molecule has 1 aliphatic rings. The lowest BCUT2D eigenvalue weighted by Crippen LogP contribution is -2.31. The second-order valence-electron chi connectivity index (χ2n) is 6.86. The van der Waals surface area contributed by atoms with Gasteiger partial charge in [-0.05, 0) is 61.9 Å². The van der Waals surface area contributed by atoms with Crippen molar-refractivity contribution in [1.82, 2.24) is 5.32 Å². The van der Waals surface area contributed by atoms with Crippen LogP contribution in [0.25, 0.3) is 0 Å². The lowest BCUT2D eigenvalue weighted by atomic mass is 9.82. The summed E-state index contributed by atoms with van der Waals surface area (Å²) in [6.45, 7) is 4.81. The maximum Gasteiger partial charge on any atom is 0.227 e. The van der Waals surface area contributed by atoms with Gasteiger partial charge in [0.2, 0.25) is 5.91 Å². The molecule has 3 nitrogen and oxygen atoms in total. The van der Waals surface area contributed by atoms with Gasteiger partial charge in [0.25, 0.3) is 0 Å². The average molecular weight is 322 g/mol. The Bertz CT molecular complexity index is 708. The van der Waals surface area contributed by atoms with Crippen LogP contribution in [0.1, 0.15) is 49.3 Å². The van der Waals surface area contributed by atoms with Crippen LogP contribution in [0.15, 0.2) is 48.5 Å². The normalized spacial score (nSPS) is 16.5. The number of amides is 1. The van der Waals surface area contributed by atoms with E-state index < -0.39 is 0 Å². The number of nitrogens with one attached hydrogen (secondary N) is 2. The molecule has 0 heterocycles. The highest BCUT2D eigenvalue weighted by molar-refractivity contribution is 5.84. The van der Waals surface area contributed by atoms with Crippen molar-refractivity contribution >= 4 is 11.6 Å². The number of fused-ring (bicyclic) bond motifs is 1. The number of benzene rings is 2. The number of anilines is 1. The Kier molecular flexibility index (Phi) is 5.19. The van der Waals surface area contributed by atoms with E-state index in [1.165, 1.54) is 11.1 Å². The molecule has 0 fully saturated rings. The minimum atomic E-state index is -0.00748. The van der Waals surface area contributed by atoms with E-state index in [-0.39, 0.29) is 11.8 Å². The number of hydrogen-bond donors (Lipinski definition) is 2. The highest BCUT2D eigenvalue weighted by Gasteiger charge is 2.25. The summed E-state index contributed by atoms with van der Waals surface area (Å²) in [4.78, 5) is 12.7. The Morgan fingerprint density at radius 3 is 2.83 bits per heavy atom. The zero-order chi connectivity index (χ0) is 16.9. The van der Waals surface area contributed by atoms with Crippen LogP contribution in [0.3, 0.4) is 0 Å². The largest absolute Gasteiger partial charge is 0.383 e. The molecule has 0 spiro atoms. The Labute approximate surface area is 144 Å². The van der Waals surface area contributed by atoms with E-state index in [4.69, 9.17) is 0 Å². The maximum absolute atomic E-state index is 12.7. The number of carbonyl (C=O) groups excluding carboxylic acids is 1. The van der Waals surface area contributed by atoms with Gasteiger partial charge in [0, 0.05) is 18.3 Å². The minimum absolute atomic E-state index is 0.00748. The molecule has 24 heavy (non-hydrogen) atoms. The molecule has 1 amide bonds. The van der Waals surface area contributed by atoms with Gasteiger partial charge in [0.05, 0.1) is 5.92 Å². The van der Waals surface area contributed by atoms with Gasteiger partial charge in [0.1, 0.15) is 0 Å². The third-order valence-corrected chi connectivity index (χ3v) is 4.53. The summed E-state index contributed by atoms with van der Waals surface area (Å²) in [7, 11) is 0. The van der Waals surface area contributed by atoms with Crippen LogP contribution in [0.5, 0.6) is 0 Å². The van der Waals surface area contributed by atoms with Crippen LogP contribution in [-0.2, 0) is 17.8 Å². The fourth-order valence-electron chi connectivity index (χ4n) is 3.44. The molecule has 1 aliphatic carbocycles. The van der Waals surface area contributed by atoms with Gasteiger partial charge in [-0.25, -0.2) is 0 Å². The molecule has 2 aromatic rings. The molecule has 3 heteroatoms. The summed E-state index contributed by atoms with van der Waals surface area (Å²) in [6.07, 6.45) is 3.11. The van der Waals surface area contributed by atoms with Crippen molar-refractivity contribution in [3.63, 3.8) is 0 Å². The number of aryl methyl sites for hydroxylation is 1. The number of hydrogen-bond acceptors (Lipinski definition) is 2. The van der Waals surface area contributed by atoms with Crippen molar-refractivity contribution in [3.8, 4) is 0 Å². The lowest BCUT2D eigenvalue weighted by molar-refractivity contribution is -0.123. The van der Waals surface area contributed by atoms with E-state index in [0.29, 0.717) is 12.6 Å². The van der Waals surface area contributed by atoms with Crippen LogP contribution in [0, 0.1) is 0 Å². The molecular formula is C21H26N2O. The standard InChI is InChI=1S/C21H26N2O/c1-15(2)23-18-10-5-7-16(13-18)14-22-21(24)20-12-6-9-17-8-3-4-11-19(17)20/h3-5,7-8,10-11,13,15,20,23H,6,9,12,14H2,1-2H3,(H,22,24). The van der Waals surface area contributed by atoms with Crippen LogP contribution < -0.4 is 10.6 Å². The molecule has 1 atom stereocenters. The predicted octanol–water partition coefficient (Wildman–Crippen LogP) is 4.24. The maximum atomic E-state index is 12.7. The van der Waals surface area contributed by atoms with Crippen LogP contribution >= 0.6 is 0 Å². The quantitative estimate of drug-likeness (QED) is 0.864. The molecule has 126 valence electrons. The SMILES string of the molecule is CC(C)Nc1cccc(CNC(=O)C2CCCc3ccccc32)c1. The van der Waals surface area contributed by atoms with Gasteiger partial charge in [-0.1, -0.05) is 36.4 Å². The molecule has 1 unspecified atom stereocenters. The Morgan fingerprint density at radius 1 is 1.17 bits per heavy atom. The molecule has 0 radical (unpaired) electrons. The summed E-state index contributed by atoms with van der Waals surface area (Å²) in [5.74, 6) is 0.135. The van der Waals surface area contributed by atoms with Gasteiger partial charge < -0.3 is 10.6 Å². The van der Waals surface area contributed by atoms with Gasteiger partial charge in [0.15, 0.2) is 0 Å². The van der Waals surface area contributed by atoms with E-state index in [9.17, 15) is 4.79 Å². The van der Waals surface area contributed by atoms with Gasteiger partial charge in [-0.15, -0.1) is 0 Å². The van der Waals surface area contributed by atoms with Crippen molar-refractivity contribution in [2.75, 3.05) is 5.32 Å². The first-order chi connectivity index (χ1) is 11.6. The average Bonchev–Trinajstić information content (AvgIpc) is 2.59. The van der Waals surface area contributed by atoms with Crippen molar-refractivity contribution in [3.05, 3.63) is 65.2 Å². The second-order valence-corrected chi connectivity index (χ2v) is 6.86. The van der Waals surface area contributed by atoms with Crippen molar-refractivity contribution in [2.45, 2.75) is 51.6 Å². The summed E-state index contributed by atoms with van der Waals surface area (Å²) in [5.41, 5.74) is 4.75. The van der Waals surface area contributed by atoms with Gasteiger partial charge >= 0.3 is 0 Å². The third-order valence-electron chi connectivity index (χ3n) is 4.53. The van der Waals surface area contributed by atoms with Crippen molar-refractivity contribution < 1.29 is 4.79 Å². The van der Waals surface area contributed by atoms with Gasteiger partial charge in [-0.2, -0.15) is 0 Å². The highest BCUT2D eigenvalue weighted by Crippen LogP contribution is 2.31. The monoisotopic (exact) mass is 322 g/mol. The molecule has 2 N–H and O–H groups in total. The summed E-state index contributed by atoms with van der Waals surface area (Å²) >= 11 is 0. The number of carbonyl (C=O) groups is 1. The first-order valence-corrected chi connectivity index (χ1v) is 8.84. The topological polar surface area (TPSA) is 41.1 Å². The van der Waals surface area contributed by atoms with Crippen LogP contribution in [0.2, 0.25) is 0 Å². The molecular weight excluding hydrogens is 296 g/mol. The van der Waals surface area contributed by atoms with Crippen molar-refractivity contribution in [2.24, 2.45) is 0 Å². The zero-order valence-corrected chi connectivity index (χ0v) is 14.5. The van der Waals surface area contributed by atoms with E-state index >= 15 is 0 Å². The molecule has 0 aromatic heterocycles. The highest BCUT2D eigenvalue weighted by atomic mass is 16.1. The minimum Gasteiger partial charge on any atom is -0.383 e. The van der Waals surface area contributed by atoms with E-state index in [1.807, 2.05) is 12.1 Å². The Morgan fingerprint density at radius 2 is 2.00 bits per heavy atom. The summed E-state index contributed by atoms with van der Waals surface area (Å²) < 4.78 is 0. The van der Waals surface area contributed by atoms with E-state index in [1.54, 1.807) is 0 Å². The predicted molar refractivity (Wildman–Crippen MR) is 99.2 cm³/mol. The second kappa shape index (κ2) is 7.52.